The molecule has 2 aromatic rings. The lowest BCUT2D eigenvalue weighted by Crippen LogP contribution is -2.14. The second-order valence-electron chi connectivity index (χ2n) is 4.80. The molecule has 3 nitrogen and oxygen atoms in total. The number of benzene rings is 2. The summed E-state index contributed by atoms with van der Waals surface area (Å²) in [4.78, 5) is 0.241. The Kier molecular flexibility index (Phi) is 4.50. The van der Waals surface area contributed by atoms with E-state index in [0.717, 1.165) is 10.0 Å². The van der Waals surface area contributed by atoms with Gasteiger partial charge in [-0.1, -0.05) is 54.0 Å². The van der Waals surface area contributed by atoms with Crippen LogP contribution >= 0.6 is 15.9 Å². The highest BCUT2D eigenvalue weighted by atomic mass is 79.9. The molecule has 0 aliphatic rings. The summed E-state index contributed by atoms with van der Waals surface area (Å²) in [5.74, 6) is 0.247. The molecule has 0 aliphatic carbocycles. The lowest BCUT2D eigenvalue weighted by molar-refractivity contribution is 0.601. The van der Waals surface area contributed by atoms with E-state index in [-0.39, 0.29) is 10.8 Å². The molecule has 2 rings (SSSR count). The zero-order valence-electron chi connectivity index (χ0n) is 11.3. The van der Waals surface area contributed by atoms with Crippen LogP contribution in [0.5, 0.6) is 0 Å². The number of halogens is 1. The maximum Gasteiger partial charge on any atom is 0.261 e. The molecule has 20 heavy (non-hydrogen) atoms. The van der Waals surface area contributed by atoms with Crippen LogP contribution in [0.15, 0.2) is 57.9 Å². The fourth-order valence-corrected chi connectivity index (χ4v) is 3.62. The van der Waals surface area contributed by atoms with Crippen molar-refractivity contribution < 1.29 is 8.42 Å². The van der Waals surface area contributed by atoms with Gasteiger partial charge in [-0.25, -0.2) is 8.42 Å². The predicted octanol–water partition coefficient (Wildman–Crippen LogP) is 4.37. The van der Waals surface area contributed by atoms with Crippen molar-refractivity contribution in [3.63, 3.8) is 0 Å². The fraction of sp³-hybridized carbons (Fsp3) is 0.200. The Hall–Kier alpha value is -1.33. The number of anilines is 1. The highest BCUT2D eigenvalue weighted by molar-refractivity contribution is 9.10. The van der Waals surface area contributed by atoms with Crippen molar-refractivity contribution in [1.82, 2.24) is 0 Å². The summed E-state index contributed by atoms with van der Waals surface area (Å²) in [5.41, 5.74) is 1.61. The van der Waals surface area contributed by atoms with Crippen molar-refractivity contribution in [3.05, 3.63) is 58.6 Å². The predicted molar refractivity (Wildman–Crippen MR) is 85.5 cm³/mol. The Bertz CT molecular complexity index is 711. The summed E-state index contributed by atoms with van der Waals surface area (Å²) in [5, 5.41) is 0. The molecular formula is C15H16BrNO2S. The molecule has 0 aromatic heterocycles. The fourth-order valence-electron chi connectivity index (χ4n) is 1.93. The Morgan fingerprint density at radius 2 is 1.75 bits per heavy atom. The van der Waals surface area contributed by atoms with Crippen molar-refractivity contribution in [2.24, 2.45) is 0 Å². The minimum atomic E-state index is -3.57. The van der Waals surface area contributed by atoms with Crippen LogP contribution in [0.3, 0.4) is 0 Å². The summed E-state index contributed by atoms with van der Waals surface area (Å²) < 4.78 is 28.2. The zero-order valence-corrected chi connectivity index (χ0v) is 13.7. The average molecular weight is 354 g/mol. The standard InChI is InChI=1S/C15H16BrNO2S/c1-11(2)14-8-3-4-9-15(14)17-20(18,19)13-7-5-6-12(16)10-13/h3-11,17H,1-2H3. The van der Waals surface area contributed by atoms with E-state index in [1.54, 1.807) is 30.3 Å². The van der Waals surface area contributed by atoms with Gasteiger partial charge in [0.2, 0.25) is 0 Å². The quantitative estimate of drug-likeness (QED) is 0.886. The zero-order chi connectivity index (χ0) is 14.8. The van der Waals surface area contributed by atoms with Gasteiger partial charge in [-0.2, -0.15) is 0 Å². The van der Waals surface area contributed by atoms with Gasteiger partial charge in [-0.3, -0.25) is 4.72 Å². The topological polar surface area (TPSA) is 46.2 Å². The van der Waals surface area contributed by atoms with Crippen LogP contribution in [0.25, 0.3) is 0 Å². The molecule has 5 heteroatoms. The second kappa shape index (κ2) is 5.97. The third kappa shape index (κ3) is 3.41. The van der Waals surface area contributed by atoms with Gasteiger partial charge in [-0.05, 0) is 35.7 Å². The molecule has 0 aliphatic heterocycles. The third-order valence-electron chi connectivity index (χ3n) is 2.93. The SMILES string of the molecule is CC(C)c1ccccc1NS(=O)(=O)c1cccc(Br)c1. The molecule has 0 atom stereocenters. The van der Waals surface area contributed by atoms with Gasteiger partial charge >= 0.3 is 0 Å². The molecule has 0 fully saturated rings. The first kappa shape index (κ1) is 15.1. The van der Waals surface area contributed by atoms with Gasteiger partial charge in [0.25, 0.3) is 10.0 Å². The molecule has 0 radical (unpaired) electrons. The van der Waals surface area contributed by atoms with Gasteiger partial charge in [0.05, 0.1) is 10.6 Å². The van der Waals surface area contributed by atoms with E-state index in [2.05, 4.69) is 20.7 Å². The Balaban J connectivity index is 2.39. The molecule has 0 saturated carbocycles. The monoisotopic (exact) mass is 353 g/mol. The van der Waals surface area contributed by atoms with Crippen LogP contribution in [0.1, 0.15) is 25.3 Å². The molecule has 106 valence electrons. The molecule has 0 saturated heterocycles. The summed E-state index contributed by atoms with van der Waals surface area (Å²) >= 11 is 3.29. The van der Waals surface area contributed by atoms with E-state index in [0.29, 0.717) is 5.69 Å². The van der Waals surface area contributed by atoms with E-state index in [1.807, 2.05) is 32.0 Å². The van der Waals surface area contributed by atoms with Gasteiger partial charge in [0.1, 0.15) is 0 Å². The van der Waals surface area contributed by atoms with E-state index >= 15 is 0 Å². The van der Waals surface area contributed by atoms with E-state index in [9.17, 15) is 8.42 Å². The molecule has 0 unspecified atom stereocenters. The van der Waals surface area contributed by atoms with Gasteiger partial charge < -0.3 is 0 Å². The highest BCUT2D eigenvalue weighted by Gasteiger charge is 2.16. The van der Waals surface area contributed by atoms with Crippen LogP contribution in [0, 0.1) is 0 Å². The van der Waals surface area contributed by atoms with Crippen LogP contribution in [-0.2, 0) is 10.0 Å². The van der Waals surface area contributed by atoms with Crippen molar-refractivity contribution in [1.29, 1.82) is 0 Å². The first-order valence-corrected chi connectivity index (χ1v) is 8.55. The summed E-state index contributed by atoms with van der Waals surface area (Å²) in [7, 11) is -3.57. The Morgan fingerprint density at radius 3 is 2.40 bits per heavy atom. The van der Waals surface area contributed by atoms with Crippen molar-refractivity contribution in [2.75, 3.05) is 4.72 Å². The maximum absolute atomic E-state index is 12.4. The number of rotatable bonds is 4. The Labute approximate surface area is 128 Å². The van der Waals surface area contributed by atoms with Crippen LogP contribution in [0.4, 0.5) is 5.69 Å². The van der Waals surface area contributed by atoms with E-state index in [4.69, 9.17) is 0 Å². The van der Waals surface area contributed by atoms with Crippen molar-refractivity contribution in [2.45, 2.75) is 24.7 Å². The molecule has 0 bridgehead atoms. The number of para-hydroxylation sites is 1. The van der Waals surface area contributed by atoms with Gasteiger partial charge in [0.15, 0.2) is 0 Å². The number of hydrogen-bond acceptors (Lipinski definition) is 2. The van der Waals surface area contributed by atoms with Gasteiger partial charge in [0, 0.05) is 4.47 Å². The second-order valence-corrected chi connectivity index (χ2v) is 7.40. The summed E-state index contributed by atoms with van der Waals surface area (Å²) in [6, 6.07) is 14.1. The normalized spacial score (nSPS) is 11.6. The summed E-state index contributed by atoms with van der Waals surface area (Å²) in [6.07, 6.45) is 0. The van der Waals surface area contributed by atoms with Crippen molar-refractivity contribution in [3.8, 4) is 0 Å². The average Bonchev–Trinajstić information content (AvgIpc) is 2.38. The third-order valence-corrected chi connectivity index (χ3v) is 4.79. The van der Waals surface area contributed by atoms with Crippen LogP contribution in [-0.4, -0.2) is 8.42 Å². The number of nitrogens with one attached hydrogen (secondary N) is 1. The molecular weight excluding hydrogens is 338 g/mol. The molecule has 1 N–H and O–H groups in total. The molecule has 0 heterocycles. The van der Waals surface area contributed by atoms with Gasteiger partial charge in [-0.15, -0.1) is 0 Å². The molecule has 0 spiro atoms. The Morgan fingerprint density at radius 1 is 1.05 bits per heavy atom. The summed E-state index contributed by atoms with van der Waals surface area (Å²) in [6.45, 7) is 4.07. The lowest BCUT2D eigenvalue weighted by Gasteiger charge is -2.14. The molecule has 0 amide bonds. The first-order chi connectivity index (χ1) is 9.40. The first-order valence-electron chi connectivity index (χ1n) is 6.27. The largest absolute Gasteiger partial charge is 0.279 e. The van der Waals surface area contributed by atoms with Crippen molar-refractivity contribution >= 4 is 31.6 Å². The maximum atomic E-state index is 12.4. The number of hydrogen-bond donors (Lipinski definition) is 1. The van der Waals surface area contributed by atoms with E-state index < -0.39 is 10.0 Å². The minimum Gasteiger partial charge on any atom is -0.279 e. The highest BCUT2D eigenvalue weighted by Crippen LogP contribution is 2.26. The van der Waals surface area contributed by atoms with E-state index in [1.165, 1.54) is 0 Å². The number of sulfonamides is 1. The van der Waals surface area contributed by atoms with Crippen LogP contribution in [0.2, 0.25) is 0 Å². The molecule has 2 aromatic carbocycles. The minimum absolute atomic E-state index is 0.241. The smallest absolute Gasteiger partial charge is 0.261 e. The van der Waals surface area contributed by atoms with Crippen LogP contribution < -0.4 is 4.72 Å². The lowest BCUT2D eigenvalue weighted by atomic mass is 10.0.